The molecule has 0 amide bonds. The van der Waals surface area contributed by atoms with Crippen molar-refractivity contribution in [3.63, 3.8) is 0 Å². The molecule has 0 aromatic heterocycles. The third-order valence-electron chi connectivity index (χ3n) is 3.90. The van der Waals surface area contributed by atoms with Crippen molar-refractivity contribution in [2.75, 3.05) is 6.54 Å². The van der Waals surface area contributed by atoms with Gasteiger partial charge in [-0.1, -0.05) is 44.9 Å². The van der Waals surface area contributed by atoms with Crippen LogP contribution < -0.4 is 5.32 Å². The van der Waals surface area contributed by atoms with Gasteiger partial charge in [-0.05, 0) is 42.0 Å². The van der Waals surface area contributed by atoms with Gasteiger partial charge in [0.1, 0.15) is 0 Å². The Labute approximate surface area is 99.3 Å². The Morgan fingerprint density at radius 2 is 2.06 bits per heavy atom. The molecule has 0 atom stereocenters. The SMILES string of the molecule is CCC(CC)Cc1cccc2c1CCNC2. The molecular weight excluding hydrogens is 194 g/mol. The molecule has 1 heteroatoms. The standard InChI is InChI=1S/C15H23N/c1-3-12(4-2)10-13-6-5-7-14-11-16-9-8-15(13)14/h5-7,12,16H,3-4,8-11H2,1-2H3. The average molecular weight is 217 g/mol. The molecule has 1 aliphatic rings. The van der Waals surface area contributed by atoms with Gasteiger partial charge in [0.25, 0.3) is 0 Å². The Bertz CT molecular complexity index is 339. The monoisotopic (exact) mass is 217 g/mol. The fourth-order valence-corrected chi connectivity index (χ4v) is 2.69. The van der Waals surface area contributed by atoms with Crippen LogP contribution in [0.15, 0.2) is 18.2 Å². The third kappa shape index (κ3) is 2.46. The number of nitrogens with one attached hydrogen (secondary N) is 1. The van der Waals surface area contributed by atoms with E-state index in [0.717, 1.165) is 19.0 Å². The predicted octanol–water partition coefficient (Wildman–Crippen LogP) is 3.31. The summed E-state index contributed by atoms with van der Waals surface area (Å²) in [6.07, 6.45) is 5.10. The summed E-state index contributed by atoms with van der Waals surface area (Å²) in [6, 6.07) is 6.84. The van der Waals surface area contributed by atoms with Crippen LogP contribution in [0.5, 0.6) is 0 Å². The molecule has 2 rings (SSSR count). The number of hydrogen-bond acceptors (Lipinski definition) is 1. The second-order valence-corrected chi connectivity index (χ2v) is 4.87. The lowest BCUT2D eigenvalue weighted by Gasteiger charge is -2.22. The first kappa shape index (κ1) is 11.7. The van der Waals surface area contributed by atoms with Crippen molar-refractivity contribution in [2.45, 2.75) is 46.1 Å². The van der Waals surface area contributed by atoms with E-state index >= 15 is 0 Å². The maximum atomic E-state index is 3.45. The highest BCUT2D eigenvalue weighted by Gasteiger charge is 2.14. The van der Waals surface area contributed by atoms with Crippen LogP contribution in [0.2, 0.25) is 0 Å². The molecule has 1 heterocycles. The van der Waals surface area contributed by atoms with E-state index in [-0.39, 0.29) is 0 Å². The van der Waals surface area contributed by atoms with Gasteiger partial charge in [0.15, 0.2) is 0 Å². The fourth-order valence-electron chi connectivity index (χ4n) is 2.69. The highest BCUT2D eigenvalue weighted by atomic mass is 14.9. The predicted molar refractivity (Wildman–Crippen MR) is 69.6 cm³/mol. The van der Waals surface area contributed by atoms with Crippen molar-refractivity contribution in [3.8, 4) is 0 Å². The van der Waals surface area contributed by atoms with Crippen molar-refractivity contribution in [1.29, 1.82) is 0 Å². The molecule has 0 saturated carbocycles. The largest absolute Gasteiger partial charge is 0.312 e. The molecular formula is C15H23N. The van der Waals surface area contributed by atoms with Crippen LogP contribution in [0, 0.1) is 5.92 Å². The van der Waals surface area contributed by atoms with Crippen LogP contribution in [-0.2, 0) is 19.4 Å². The van der Waals surface area contributed by atoms with Crippen LogP contribution in [0.3, 0.4) is 0 Å². The van der Waals surface area contributed by atoms with Gasteiger partial charge in [0.2, 0.25) is 0 Å². The molecule has 1 aromatic rings. The summed E-state index contributed by atoms with van der Waals surface area (Å²) in [5, 5.41) is 3.45. The second kappa shape index (κ2) is 5.49. The minimum atomic E-state index is 0.862. The number of benzene rings is 1. The smallest absolute Gasteiger partial charge is 0.0208 e. The summed E-state index contributed by atoms with van der Waals surface area (Å²) in [6.45, 7) is 6.83. The zero-order valence-electron chi connectivity index (χ0n) is 10.6. The number of rotatable bonds is 4. The van der Waals surface area contributed by atoms with Gasteiger partial charge in [0, 0.05) is 6.54 Å². The molecule has 1 aromatic carbocycles. The summed E-state index contributed by atoms with van der Waals surface area (Å²) in [4.78, 5) is 0. The van der Waals surface area contributed by atoms with Gasteiger partial charge in [-0.2, -0.15) is 0 Å². The molecule has 1 aliphatic heterocycles. The normalized spacial score (nSPS) is 15.2. The van der Waals surface area contributed by atoms with E-state index in [1.165, 1.54) is 31.2 Å². The van der Waals surface area contributed by atoms with Crippen molar-refractivity contribution >= 4 is 0 Å². The highest BCUT2D eigenvalue weighted by Crippen LogP contribution is 2.23. The lowest BCUT2D eigenvalue weighted by atomic mass is 9.88. The first-order valence-corrected chi connectivity index (χ1v) is 6.65. The molecule has 88 valence electrons. The van der Waals surface area contributed by atoms with Gasteiger partial charge in [-0.15, -0.1) is 0 Å². The number of fused-ring (bicyclic) bond motifs is 1. The zero-order valence-corrected chi connectivity index (χ0v) is 10.6. The first-order chi connectivity index (χ1) is 7.85. The quantitative estimate of drug-likeness (QED) is 0.816. The van der Waals surface area contributed by atoms with Gasteiger partial charge >= 0.3 is 0 Å². The summed E-state index contributed by atoms with van der Waals surface area (Å²) in [5.41, 5.74) is 4.76. The Hall–Kier alpha value is -0.820. The number of hydrogen-bond donors (Lipinski definition) is 1. The molecule has 1 N–H and O–H groups in total. The van der Waals surface area contributed by atoms with Gasteiger partial charge < -0.3 is 5.32 Å². The Balaban J connectivity index is 2.20. The zero-order chi connectivity index (χ0) is 11.4. The molecule has 0 radical (unpaired) electrons. The molecule has 0 spiro atoms. The van der Waals surface area contributed by atoms with E-state index in [1.807, 2.05) is 0 Å². The molecule has 1 nitrogen and oxygen atoms in total. The Kier molecular flexibility index (Phi) is 4.00. The van der Waals surface area contributed by atoms with E-state index in [0.29, 0.717) is 0 Å². The van der Waals surface area contributed by atoms with E-state index in [4.69, 9.17) is 0 Å². The van der Waals surface area contributed by atoms with Gasteiger partial charge in [-0.25, -0.2) is 0 Å². The Morgan fingerprint density at radius 1 is 1.25 bits per heavy atom. The molecule has 0 unspecified atom stereocenters. The second-order valence-electron chi connectivity index (χ2n) is 4.87. The molecule has 0 aliphatic carbocycles. The van der Waals surface area contributed by atoms with Crippen LogP contribution in [0.25, 0.3) is 0 Å². The molecule has 0 bridgehead atoms. The topological polar surface area (TPSA) is 12.0 Å². The highest BCUT2D eigenvalue weighted by molar-refractivity contribution is 5.37. The van der Waals surface area contributed by atoms with Crippen LogP contribution >= 0.6 is 0 Å². The first-order valence-electron chi connectivity index (χ1n) is 6.65. The minimum Gasteiger partial charge on any atom is -0.312 e. The maximum absolute atomic E-state index is 3.45. The lowest BCUT2D eigenvalue weighted by Crippen LogP contribution is -2.25. The van der Waals surface area contributed by atoms with Crippen LogP contribution in [0.4, 0.5) is 0 Å². The van der Waals surface area contributed by atoms with Crippen LogP contribution in [-0.4, -0.2) is 6.54 Å². The lowest BCUT2D eigenvalue weighted by molar-refractivity contribution is 0.486. The third-order valence-corrected chi connectivity index (χ3v) is 3.90. The summed E-state index contributed by atoms with van der Waals surface area (Å²) in [5.74, 6) is 0.862. The van der Waals surface area contributed by atoms with E-state index in [2.05, 4.69) is 37.4 Å². The summed E-state index contributed by atoms with van der Waals surface area (Å²) in [7, 11) is 0. The van der Waals surface area contributed by atoms with Crippen molar-refractivity contribution in [1.82, 2.24) is 5.32 Å². The fraction of sp³-hybridized carbons (Fsp3) is 0.600. The van der Waals surface area contributed by atoms with E-state index in [1.54, 1.807) is 11.1 Å². The average Bonchev–Trinajstić information content (AvgIpc) is 2.36. The van der Waals surface area contributed by atoms with Crippen molar-refractivity contribution < 1.29 is 0 Å². The molecule has 0 fully saturated rings. The van der Waals surface area contributed by atoms with Crippen molar-refractivity contribution in [3.05, 3.63) is 34.9 Å². The van der Waals surface area contributed by atoms with Crippen LogP contribution in [0.1, 0.15) is 43.4 Å². The summed E-state index contributed by atoms with van der Waals surface area (Å²) >= 11 is 0. The van der Waals surface area contributed by atoms with Gasteiger partial charge in [0.05, 0.1) is 0 Å². The van der Waals surface area contributed by atoms with E-state index < -0.39 is 0 Å². The van der Waals surface area contributed by atoms with Crippen molar-refractivity contribution in [2.24, 2.45) is 5.92 Å². The van der Waals surface area contributed by atoms with E-state index in [9.17, 15) is 0 Å². The minimum absolute atomic E-state index is 0.862. The summed E-state index contributed by atoms with van der Waals surface area (Å²) < 4.78 is 0. The molecule has 16 heavy (non-hydrogen) atoms. The van der Waals surface area contributed by atoms with Gasteiger partial charge in [-0.3, -0.25) is 0 Å². The maximum Gasteiger partial charge on any atom is 0.0208 e. The Morgan fingerprint density at radius 3 is 2.81 bits per heavy atom. The molecule has 0 saturated heterocycles.